The molecule has 0 unspecified atom stereocenters. The number of nitrogens with one attached hydrogen (secondary N) is 3. The molecule has 0 bridgehead atoms. The van der Waals surface area contributed by atoms with Gasteiger partial charge in [0, 0.05) is 43.0 Å². The van der Waals surface area contributed by atoms with Crippen LogP contribution in [0.5, 0.6) is 0 Å². The highest BCUT2D eigenvalue weighted by atomic mass is 32.1. The highest BCUT2D eigenvalue weighted by Crippen LogP contribution is 2.31. The van der Waals surface area contributed by atoms with E-state index in [0.717, 1.165) is 25.9 Å². The highest BCUT2D eigenvalue weighted by molar-refractivity contribution is 7.80. The number of nitrogens with zero attached hydrogens (tertiary/aromatic N) is 2. The summed E-state index contributed by atoms with van der Waals surface area (Å²) in [7, 11) is 0. The molecule has 0 radical (unpaired) electrons. The average Bonchev–Trinajstić information content (AvgIpc) is 3.23. The number of benzene rings is 2. The third-order valence-electron chi connectivity index (χ3n) is 4.57. The first-order valence-corrected chi connectivity index (χ1v) is 9.77. The number of rotatable bonds is 5. The summed E-state index contributed by atoms with van der Waals surface area (Å²) in [6, 6.07) is 11.2. The first-order valence-electron chi connectivity index (χ1n) is 9.37. The van der Waals surface area contributed by atoms with Crippen molar-refractivity contribution < 1.29 is 14.5 Å². The normalized spacial score (nSPS) is 12.9. The van der Waals surface area contributed by atoms with Crippen LogP contribution in [0.4, 0.5) is 22.7 Å². The lowest BCUT2D eigenvalue weighted by Gasteiger charge is -2.18. The topological polar surface area (TPSA) is 117 Å². The number of nitro benzene ring substituents is 1. The SMILES string of the molecule is CC(=O)Nc1ccc(NC(=S)NC(=O)c2ccc(N3CCCC3)c([N+](=O)[O-])c2)cc1. The third-order valence-corrected chi connectivity index (χ3v) is 4.78. The number of thiocarbonyl (C=S) groups is 1. The first kappa shape index (κ1) is 21.2. The van der Waals surface area contributed by atoms with Crippen LogP contribution in [0.2, 0.25) is 0 Å². The van der Waals surface area contributed by atoms with Crippen molar-refractivity contribution in [1.29, 1.82) is 0 Å². The summed E-state index contributed by atoms with van der Waals surface area (Å²) < 4.78 is 0. The number of hydrogen-bond acceptors (Lipinski definition) is 6. The highest BCUT2D eigenvalue weighted by Gasteiger charge is 2.24. The van der Waals surface area contributed by atoms with E-state index in [1.165, 1.54) is 13.0 Å². The fourth-order valence-electron chi connectivity index (χ4n) is 3.21. The molecule has 1 aliphatic rings. The molecule has 2 amide bonds. The van der Waals surface area contributed by atoms with Gasteiger partial charge in [0.25, 0.3) is 11.6 Å². The summed E-state index contributed by atoms with van der Waals surface area (Å²) in [5.41, 5.74) is 1.82. The maximum Gasteiger partial charge on any atom is 0.293 e. The van der Waals surface area contributed by atoms with Gasteiger partial charge in [0.05, 0.1) is 4.92 Å². The minimum Gasteiger partial charge on any atom is -0.366 e. The second-order valence-electron chi connectivity index (χ2n) is 6.82. The minimum absolute atomic E-state index is 0.0542. The van der Waals surface area contributed by atoms with E-state index in [2.05, 4.69) is 16.0 Å². The van der Waals surface area contributed by atoms with Gasteiger partial charge in [-0.05, 0) is 61.5 Å². The van der Waals surface area contributed by atoms with Crippen LogP contribution in [-0.4, -0.2) is 34.9 Å². The lowest BCUT2D eigenvalue weighted by atomic mass is 10.1. The molecule has 1 fully saturated rings. The Hall–Kier alpha value is -3.53. The van der Waals surface area contributed by atoms with E-state index in [1.54, 1.807) is 36.4 Å². The second kappa shape index (κ2) is 9.31. The van der Waals surface area contributed by atoms with Gasteiger partial charge in [0.2, 0.25) is 5.91 Å². The van der Waals surface area contributed by atoms with Crippen molar-refractivity contribution in [3.8, 4) is 0 Å². The Morgan fingerprint density at radius 2 is 1.63 bits per heavy atom. The molecule has 0 aromatic heterocycles. The van der Waals surface area contributed by atoms with Gasteiger partial charge in [-0.15, -0.1) is 0 Å². The van der Waals surface area contributed by atoms with Gasteiger partial charge < -0.3 is 15.5 Å². The fraction of sp³-hybridized carbons (Fsp3) is 0.250. The zero-order valence-corrected chi connectivity index (χ0v) is 17.1. The second-order valence-corrected chi connectivity index (χ2v) is 7.23. The molecule has 30 heavy (non-hydrogen) atoms. The maximum absolute atomic E-state index is 12.5. The molecular weight excluding hydrogens is 406 g/mol. The quantitative estimate of drug-likeness (QED) is 0.381. The van der Waals surface area contributed by atoms with Crippen LogP contribution in [-0.2, 0) is 4.79 Å². The molecule has 0 saturated carbocycles. The molecule has 0 aliphatic carbocycles. The molecule has 156 valence electrons. The minimum atomic E-state index is -0.543. The molecule has 9 nitrogen and oxygen atoms in total. The Labute approximate surface area is 178 Å². The van der Waals surface area contributed by atoms with E-state index in [9.17, 15) is 19.7 Å². The molecular formula is C20H21N5O4S. The molecule has 0 spiro atoms. The molecule has 1 saturated heterocycles. The first-order chi connectivity index (χ1) is 14.3. The van der Waals surface area contributed by atoms with Crippen molar-refractivity contribution in [3.05, 3.63) is 58.1 Å². The van der Waals surface area contributed by atoms with Crippen LogP contribution in [0, 0.1) is 10.1 Å². The number of hydrogen-bond donors (Lipinski definition) is 3. The molecule has 3 rings (SSSR count). The van der Waals surface area contributed by atoms with Gasteiger partial charge >= 0.3 is 0 Å². The Balaban J connectivity index is 1.66. The average molecular weight is 427 g/mol. The summed E-state index contributed by atoms with van der Waals surface area (Å²) in [6.07, 6.45) is 1.98. The molecule has 0 atom stereocenters. The Kier molecular flexibility index (Phi) is 6.58. The van der Waals surface area contributed by atoms with Crippen LogP contribution in [0.1, 0.15) is 30.1 Å². The van der Waals surface area contributed by atoms with Crippen LogP contribution in [0.15, 0.2) is 42.5 Å². The molecule has 1 heterocycles. The number of amides is 2. The number of carbonyl (C=O) groups is 2. The monoisotopic (exact) mass is 427 g/mol. The molecule has 1 aliphatic heterocycles. The summed E-state index contributed by atoms with van der Waals surface area (Å²) >= 11 is 5.16. The van der Waals surface area contributed by atoms with Crippen LogP contribution >= 0.6 is 12.2 Å². The van der Waals surface area contributed by atoms with Gasteiger partial charge in [0.15, 0.2) is 5.11 Å². The van der Waals surface area contributed by atoms with E-state index in [0.29, 0.717) is 17.1 Å². The summed E-state index contributed by atoms with van der Waals surface area (Å²) in [6.45, 7) is 2.95. The van der Waals surface area contributed by atoms with Crippen LogP contribution in [0.3, 0.4) is 0 Å². The Morgan fingerprint density at radius 1 is 1.03 bits per heavy atom. The molecule has 2 aromatic rings. The van der Waals surface area contributed by atoms with E-state index in [1.807, 2.05) is 4.90 Å². The summed E-state index contributed by atoms with van der Waals surface area (Å²) in [5.74, 6) is -0.721. The molecule has 2 aromatic carbocycles. The maximum atomic E-state index is 12.5. The number of nitro groups is 1. The van der Waals surface area contributed by atoms with E-state index < -0.39 is 10.8 Å². The molecule has 10 heteroatoms. The van der Waals surface area contributed by atoms with Gasteiger partial charge in [-0.3, -0.25) is 25.0 Å². The van der Waals surface area contributed by atoms with Crippen molar-refractivity contribution in [2.75, 3.05) is 28.6 Å². The third kappa shape index (κ3) is 5.29. The molecule has 3 N–H and O–H groups in total. The largest absolute Gasteiger partial charge is 0.366 e. The number of anilines is 3. The van der Waals surface area contributed by atoms with Crippen molar-refractivity contribution in [3.63, 3.8) is 0 Å². The van der Waals surface area contributed by atoms with Crippen molar-refractivity contribution in [2.45, 2.75) is 19.8 Å². The predicted molar refractivity (Wildman–Crippen MR) is 119 cm³/mol. The van der Waals surface area contributed by atoms with Gasteiger partial charge in [-0.1, -0.05) is 0 Å². The Morgan fingerprint density at radius 3 is 2.20 bits per heavy atom. The summed E-state index contributed by atoms with van der Waals surface area (Å²) in [4.78, 5) is 36.5. The van der Waals surface area contributed by atoms with Crippen molar-refractivity contribution in [2.24, 2.45) is 0 Å². The van der Waals surface area contributed by atoms with E-state index in [-0.39, 0.29) is 22.3 Å². The standard InChI is InChI=1S/C20H21N5O4S/c1-13(26)21-15-5-7-16(8-6-15)22-20(30)23-19(27)14-4-9-17(18(12-14)25(28)29)24-10-2-3-11-24/h4-9,12H,2-3,10-11H2,1H3,(H,21,26)(H2,22,23,27,30). The van der Waals surface area contributed by atoms with Crippen molar-refractivity contribution in [1.82, 2.24) is 5.32 Å². The van der Waals surface area contributed by atoms with Crippen molar-refractivity contribution >= 4 is 51.9 Å². The summed E-state index contributed by atoms with van der Waals surface area (Å²) in [5, 5.41) is 19.6. The van der Waals surface area contributed by atoms with Gasteiger partial charge in [-0.2, -0.15) is 0 Å². The zero-order valence-electron chi connectivity index (χ0n) is 16.3. The van der Waals surface area contributed by atoms with E-state index >= 15 is 0 Å². The van der Waals surface area contributed by atoms with Gasteiger partial charge in [0.1, 0.15) is 5.69 Å². The van der Waals surface area contributed by atoms with E-state index in [4.69, 9.17) is 12.2 Å². The predicted octanol–water partition coefficient (Wildman–Crippen LogP) is 3.28. The number of carbonyl (C=O) groups excluding carboxylic acids is 2. The smallest absolute Gasteiger partial charge is 0.293 e. The zero-order chi connectivity index (χ0) is 21.7. The fourth-order valence-corrected chi connectivity index (χ4v) is 3.42. The Bertz CT molecular complexity index is 987. The lowest BCUT2D eigenvalue weighted by molar-refractivity contribution is -0.384. The van der Waals surface area contributed by atoms with Gasteiger partial charge in [-0.25, -0.2) is 0 Å². The lowest BCUT2D eigenvalue weighted by Crippen LogP contribution is -2.34. The van der Waals surface area contributed by atoms with Crippen LogP contribution in [0.25, 0.3) is 0 Å². The van der Waals surface area contributed by atoms with Crippen LogP contribution < -0.4 is 20.9 Å².